The number of halogens is 1. The van der Waals surface area contributed by atoms with Crippen molar-refractivity contribution >= 4 is 17.5 Å². The number of phenols is 2. The Labute approximate surface area is 105 Å². The van der Waals surface area contributed by atoms with Crippen molar-refractivity contribution in [2.75, 3.05) is 12.4 Å². The summed E-state index contributed by atoms with van der Waals surface area (Å²) >= 11 is 5.64. The van der Waals surface area contributed by atoms with Crippen LogP contribution in [0.2, 0.25) is 0 Å². The van der Waals surface area contributed by atoms with Crippen LogP contribution in [-0.4, -0.2) is 39.5 Å². The predicted molar refractivity (Wildman–Crippen MR) is 66.7 cm³/mol. The maximum atomic E-state index is 12.1. The van der Waals surface area contributed by atoms with E-state index in [1.54, 1.807) is 4.90 Å². The molecule has 5 heteroatoms. The fourth-order valence-electron chi connectivity index (χ4n) is 1.54. The first-order chi connectivity index (χ1) is 7.97. The average Bonchev–Trinajstić information content (AvgIpc) is 2.28. The van der Waals surface area contributed by atoms with Gasteiger partial charge in [0.25, 0.3) is 5.91 Å². The predicted octanol–water partition coefficient (Wildman–Crippen LogP) is 2.19. The van der Waals surface area contributed by atoms with Gasteiger partial charge in [0.2, 0.25) is 0 Å². The first kappa shape index (κ1) is 13.6. The zero-order valence-corrected chi connectivity index (χ0v) is 10.6. The molecule has 0 heterocycles. The van der Waals surface area contributed by atoms with E-state index in [4.69, 9.17) is 11.6 Å². The minimum atomic E-state index is -0.339. The molecule has 1 aromatic rings. The number of aromatic hydroxyl groups is 2. The van der Waals surface area contributed by atoms with E-state index in [-0.39, 0.29) is 29.0 Å². The Morgan fingerprint density at radius 2 is 2.06 bits per heavy atom. The van der Waals surface area contributed by atoms with Crippen LogP contribution < -0.4 is 0 Å². The van der Waals surface area contributed by atoms with Crippen molar-refractivity contribution < 1.29 is 15.0 Å². The lowest BCUT2D eigenvalue weighted by Gasteiger charge is -2.26. The minimum Gasteiger partial charge on any atom is -0.508 e. The van der Waals surface area contributed by atoms with Gasteiger partial charge < -0.3 is 15.1 Å². The summed E-state index contributed by atoms with van der Waals surface area (Å²) < 4.78 is 0. The molecule has 1 amide bonds. The van der Waals surface area contributed by atoms with Gasteiger partial charge >= 0.3 is 0 Å². The summed E-state index contributed by atoms with van der Waals surface area (Å²) in [5, 5.41) is 18.9. The number of hydrogen-bond acceptors (Lipinski definition) is 3. The summed E-state index contributed by atoms with van der Waals surface area (Å²) in [6.07, 6.45) is 0. The third-order valence-electron chi connectivity index (χ3n) is 2.42. The Balaban J connectivity index is 3.04. The monoisotopic (exact) mass is 257 g/mol. The number of rotatable bonds is 4. The molecule has 0 fully saturated rings. The zero-order chi connectivity index (χ0) is 13.0. The standard InChI is InChI=1S/C12H16ClNO3/c1-8(2)14(6-5-13)12(17)10-7-9(15)3-4-11(10)16/h3-4,7-8,15-16H,5-6H2,1-2H3. The topological polar surface area (TPSA) is 60.8 Å². The quantitative estimate of drug-likeness (QED) is 0.642. The van der Waals surface area contributed by atoms with Gasteiger partial charge in [-0.2, -0.15) is 0 Å². The molecule has 0 saturated heterocycles. The van der Waals surface area contributed by atoms with E-state index in [1.165, 1.54) is 18.2 Å². The summed E-state index contributed by atoms with van der Waals surface area (Å²) in [5.74, 6) is -0.216. The summed E-state index contributed by atoms with van der Waals surface area (Å²) in [5.41, 5.74) is 0.0869. The van der Waals surface area contributed by atoms with Gasteiger partial charge in [0.15, 0.2) is 0 Å². The minimum absolute atomic E-state index is 0.0250. The molecule has 4 nitrogen and oxygen atoms in total. The van der Waals surface area contributed by atoms with Gasteiger partial charge in [0.05, 0.1) is 5.56 Å². The van der Waals surface area contributed by atoms with Crippen LogP contribution in [-0.2, 0) is 0 Å². The third kappa shape index (κ3) is 3.27. The molecule has 1 aromatic carbocycles. The lowest BCUT2D eigenvalue weighted by atomic mass is 10.1. The van der Waals surface area contributed by atoms with Crippen LogP contribution in [0.3, 0.4) is 0 Å². The van der Waals surface area contributed by atoms with Crippen LogP contribution >= 0.6 is 11.6 Å². The van der Waals surface area contributed by atoms with Crippen LogP contribution in [0.15, 0.2) is 18.2 Å². The van der Waals surface area contributed by atoms with Crippen LogP contribution in [0.4, 0.5) is 0 Å². The fraction of sp³-hybridized carbons (Fsp3) is 0.417. The highest BCUT2D eigenvalue weighted by Gasteiger charge is 2.21. The Hall–Kier alpha value is -1.42. The van der Waals surface area contributed by atoms with Gasteiger partial charge in [0.1, 0.15) is 11.5 Å². The molecule has 2 N–H and O–H groups in total. The molecule has 0 aliphatic carbocycles. The first-order valence-corrected chi connectivity index (χ1v) is 5.89. The zero-order valence-electron chi connectivity index (χ0n) is 9.85. The summed E-state index contributed by atoms with van der Waals surface area (Å²) in [7, 11) is 0. The lowest BCUT2D eigenvalue weighted by Crippen LogP contribution is -2.38. The highest BCUT2D eigenvalue weighted by atomic mass is 35.5. The van der Waals surface area contributed by atoms with Crippen molar-refractivity contribution in [1.29, 1.82) is 0 Å². The second kappa shape index (κ2) is 5.77. The summed E-state index contributed by atoms with van der Waals surface area (Å²) in [6.45, 7) is 4.13. The molecule has 0 bridgehead atoms. The molecular weight excluding hydrogens is 242 g/mol. The number of carbonyl (C=O) groups excluding carboxylic acids is 1. The smallest absolute Gasteiger partial charge is 0.258 e. The van der Waals surface area contributed by atoms with Gasteiger partial charge in [-0.1, -0.05) is 0 Å². The average molecular weight is 258 g/mol. The van der Waals surface area contributed by atoms with Crippen molar-refractivity contribution in [3.63, 3.8) is 0 Å². The summed E-state index contributed by atoms with van der Waals surface area (Å²) in [6, 6.07) is 3.85. The van der Waals surface area contributed by atoms with E-state index in [0.717, 1.165) is 0 Å². The fourth-order valence-corrected chi connectivity index (χ4v) is 1.72. The molecule has 0 spiro atoms. The van der Waals surface area contributed by atoms with E-state index in [2.05, 4.69) is 0 Å². The molecule has 0 radical (unpaired) electrons. The molecule has 0 aromatic heterocycles. The number of benzene rings is 1. The molecule has 94 valence electrons. The van der Waals surface area contributed by atoms with Crippen LogP contribution in [0.25, 0.3) is 0 Å². The van der Waals surface area contributed by atoms with Crippen LogP contribution in [0.1, 0.15) is 24.2 Å². The van der Waals surface area contributed by atoms with Gasteiger partial charge in [-0.25, -0.2) is 0 Å². The Morgan fingerprint density at radius 3 is 2.59 bits per heavy atom. The number of alkyl halides is 1. The highest BCUT2D eigenvalue weighted by Crippen LogP contribution is 2.24. The third-order valence-corrected chi connectivity index (χ3v) is 2.59. The maximum Gasteiger partial charge on any atom is 0.258 e. The lowest BCUT2D eigenvalue weighted by molar-refractivity contribution is 0.0715. The number of nitrogens with zero attached hydrogens (tertiary/aromatic N) is 1. The molecule has 0 aliphatic rings. The maximum absolute atomic E-state index is 12.1. The first-order valence-electron chi connectivity index (χ1n) is 5.36. The van der Waals surface area contributed by atoms with E-state index in [1.807, 2.05) is 13.8 Å². The Bertz CT molecular complexity index is 407. The van der Waals surface area contributed by atoms with Crippen molar-refractivity contribution in [2.24, 2.45) is 0 Å². The summed E-state index contributed by atoms with van der Waals surface area (Å²) in [4.78, 5) is 13.7. The van der Waals surface area contributed by atoms with Gasteiger partial charge in [0, 0.05) is 18.5 Å². The van der Waals surface area contributed by atoms with Crippen molar-refractivity contribution in [3.8, 4) is 11.5 Å². The van der Waals surface area contributed by atoms with Crippen molar-refractivity contribution in [3.05, 3.63) is 23.8 Å². The molecule has 0 aliphatic heterocycles. The van der Waals surface area contributed by atoms with E-state index in [9.17, 15) is 15.0 Å². The normalized spacial score (nSPS) is 10.6. The van der Waals surface area contributed by atoms with Gasteiger partial charge in [-0.3, -0.25) is 4.79 Å². The second-order valence-corrected chi connectivity index (χ2v) is 4.36. The molecule has 0 atom stereocenters. The SMILES string of the molecule is CC(C)N(CCCl)C(=O)c1cc(O)ccc1O. The molecule has 0 saturated carbocycles. The second-order valence-electron chi connectivity index (χ2n) is 3.98. The van der Waals surface area contributed by atoms with Crippen molar-refractivity contribution in [2.45, 2.75) is 19.9 Å². The molecule has 0 unspecified atom stereocenters. The number of hydrogen-bond donors (Lipinski definition) is 2. The highest BCUT2D eigenvalue weighted by molar-refractivity contribution is 6.18. The number of carbonyl (C=O) groups is 1. The molecule has 17 heavy (non-hydrogen) atoms. The number of amides is 1. The number of phenolic OH excluding ortho intramolecular Hbond substituents is 2. The Kier molecular flexibility index (Phi) is 4.63. The van der Waals surface area contributed by atoms with Crippen LogP contribution in [0, 0.1) is 0 Å². The molecule has 1 rings (SSSR count). The van der Waals surface area contributed by atoms with Gasteiger partial charge in [-0.15, -0.1) is 11.6 Å². The van der Waals surface area contributed by atoms with Crippen molar-refractivity contribution in [1.82, 2.24) is 4.90 Å². The largest absolute Gasteiger partial charge is 0.508 e. The molecular formula is C12H16ClNO3. The van der Waals surface area contributed by atoms with Gasteiger partial charge in [-0.05, 0) is 32.0 Å². The Morgan fingerprint density at radius 1 is 1.41 bits per heavy atom. The van der Waals surface area contributed by atoms with E-state index in [0.29, 0.717) is 12.4 Å². The van der Waals surface area contributed by atoms with Crippen LogP contribution in [0.5, 0.6) is 11.5 Å². The van der Waals surface area contributed by atoms with E-state index >= 15 is 0 Å². The van der Waals surface area contributed by atoms with E-state index < -0.39 is 0 Å².